The summed E-state index contributed by atoms with van der Waals surface area (Å²) in [6.07, 6.45) is 1.71. The van der Waals surface area contributed by atoms with Crippen LogP contribution >= 0.6 is 11.3 Å². The summed E-state index contributed by atoms with van der Waals surface area (Å²) < 4.78 is 27.9. The van der Waals surface area contributed by atoms with E-state index in [1.165, 1.54) is 21.8 Å². The van der Waals surface area contributed by atoms with E-state index in [4.69, 9.17) is 0 Å². The van der Waals surface area contributed by atoms with Crippen molar-refractivity contribution in [3.8, 4) is 0 Å². The van der Waals surface area contributed by atoms with Crippen molar-refractivity contribution in [2.45, 2.75) is 19.5 Å². The summed E-state index contributed by atoms with van der Waals surface area (Å²) in [4.78, 5) is 34.1. The third kappa shape index (κ3) is 4.40. The van der Waals surface area contributed by atoms with Gasteiger partial charge in [-0.1, -0.05) is 0 Å². The number of rotatable bonds is 5. The van der Waals surface area contributed by atoms with Crippen molar-refractivity contribution in [2.24, 2.45) is 0 Å². The van der Waals surface area contributed by atoms with Crippen LogP contribution in [0.2, 0.25) is 0 Å². The zero-order valence-corrected chi connectivity index (χ0v) is 17.2. The van der Waals surface area contributed by atoms with Crippen LogP contribution in [-0.4, -0.2) is 57.3 Å². The smallest absolute Gasteiger partial charge is 0.258 e. The highest BCUT2D eigenvalue weighted by Crippen LogP contribution is 2.15. The number of carbonyl (C=O) groups excluding carboxylic acids is 1. The van der Waals surface area contributed by atoms with Gasteiger partial charge in [-0.15, -0.1) is 11.3 Å². The molecule has 158 valence electrons. The molecule has 7 nitrogen and oxygen atoms in total. The zero-order valence-electron chi connectivity index (χ0n) is 16.3. The van der Waals surface area contributed by atoms with Crippen LogP contribution in [0, 0.1) is 11.6 Å². The van der Waals surface area contributed by atoms with E-state index in [1.54, 1.807) is 19.2 Å². The topological polar surface area (TPSA) is 70.0 Å². The van der Waals surface area contributed by atoms with Crippen LogP contribution < -0.4 is 10.9 Å². The van der Waals surface area contributed by atoms with E-state index in [9.17, 15) is 18.4 Å². The van der Waals surface area contributed by atoms with Crippen molar-refractivity contribution in [2.75, 3.05) is 31.5 Å². The van der Waals surface area contributed by atoms with Crippen LogP contribution in [0.4, 0.5) is 14.5 Å². The number of halogens is 2. The molecule has 10 heteroatoms. The van der Waals surface area contributed by atoms with Crippen LogP contribution in [0.15, 0.2) is 40.6 Å². The molecule has 1 fully saturated rings. The minimum atomic E-state index is -0.997. The monoisotopic (exact) mass is 433 g/mol. The first-order chi connectivity index (χ1) is 14.4. The Balaban J connectivity index is 1.32. The van der Waals surface area contributed by atoms with Crippen LogP contribution in [-0.2, 0) is 11.3 Å². The fraction of sp³-hybridized carbons (Fsp3) is 0.350. The molecule has 1 aliphatic heterocycles. The Hall–Kier alpha value is -2.69. The summed E-state index contributed by atoms with van der Waals surface area (Å²) in [6.45, 7) is 5.17. The Morgan fingerprint density at radius 1 is 1.20 bits per heavy atom. The van der Waals surface area contributed by atoms with Crippen molar-refractivity contribution < 1.29 is 13.6 Å². The molecule has 4 rings (SSSR count). The first kappa shape index (κ1) is 20.6. The molecule has 1 atom stereocenters. The lowest BCUT2D eigenvalue weighted by Gasteiger charge is -2.37. The van der Waals surface area contributed by atoms with Crippen molar-refractivity contribution in [1.29, 1.82) is 0 Å². The van der Waals surface area contributed by atoms with Gasteiger partial charge in [-0.3, -0.25) is 23.8 Å². The lowest BCUT2D eigenvalue weighted by Crippen LogP contribution is -2.52. The number of piperazine rings is 1. The summed E-state index contributed by atoms with van der Waals surface area (Å²) in [6, 6.07) is 4.44. The molecule has 1 saturated heterocycles. The fourth-order valence-electron chi connectivity index (χ4n) is 3.49. The van der Waals surface area contributed by atoms with E-state index in [0.29, 0.717) is 24.6 Å². The number of fused-ring (bicyclic) bond motifs is 1. The van der Waals surface area contributed by atoms with E-state index >= 15 is 0 Å². The number of nitrogens with one attached hydrogen (secondary N) is 1. The lowest BCUT2D eigenvalue weighted by molar-refractivity contribution is -0.121. The van der Waals surface area contributed by atoms with E-state index in [2.05, 4.69) is 15.2 Å². The molecule has 0 spiro atoms. The van der Waals surface area contributed by atoms with Gasteiger partial charge in [-0.2, -0.15) is 0 Å². The SMILES string of the molecule is CC(C(=O)Nc1ccc(F)c(F)c1)N1CCN(Cc2cc(=O)n3ccsc3n2)CC1. The van der Waals surface area contributed by atoms with Gasteiger partial charge in [0.2, 0.25) is 5.91 Å². The quantitative estimate of drug-likeness (QED) is 0.668. The molecule has 3 heterocycles. The second kappa shape index (κ2) is 8.58. The van der Waals surface area contributed by atoms with E-state index < -0.39 is 17.7 Å². The van der Waals surface area contributed by atoms with Gasteiger partial charge in [-0.25, -0.2) is 13.8 Å². The van der Waals surface area contributed by atoms with E-state index in [-0.39, 0.29) is 17.2 Å². The Morgan fingerprint density at radius 2 is 1.97 bits per heavy atom. The standard InChI is InChI=1S/C20H21F2N5O2S/c1-13(19(29)23-14-2-3-16(21)17(22)10-14)26-6-4-25(5-7-26)12-15-11-18(28)27-8-9-30-20(27)24-15/h2-3,8-11,13H,4-7,12H2,1H3,(H,23,29). The van der Waals surface area contributed by atoms with Gasteiger partial charge in [0.15, 0.2) is 16.6 Å². The molecule has 0 aliphatic carbocycles. The van der Waals surface area contributed by atoms with Crippen molar-refractivity contribution in [3.63, 3.8) is 0 Å². The van der Waals surface area contributed by atoms with Crippen LogP contribution in [0.25, 0.3) is 4.96 Å². The number of nitrogens with zero attached hydrogens (tertiary/aromatic N) is 4. The van der Waals surface area contributed by atoms with Crippen LogP contribution in [0.1, 0.15) is 12.6 Å². The van der Waals surface area contributed by atoms with Gasteiger partial charge in [0.05, 0.1) is 11.7 Å². The number of thiazole rings is 1. The molecular weight excluding hydrogens is 412 g/mol. The minimum Gasteiger partial charge on any atom is -0.325 e. The third-order valence-corrected chi connectivity index (χ3v) is 6.02. The highest BCUT2D eigenvalue weighted by atomic mass is 32.1. The molecule has 2 aromatic heterocycles. The number of carbonyl (C=O) groups is 1. The zero-order chi connectivity index (χ0) is 21.3. The molecule has 0 bridgehead atoms. The average molecular weight is 433 g/mol. The van der Waals surface area contributed by atoms with Gasteiger partial charge in [0, 0.05) is 62.1 Å². The molecule has 1 aromatic carbocycles. The van der Waals surface area contributed by atoms with E-state index in [0.717, 1.165) is 30.9 Å². The molecule has 0 radical (unpaired) electrons. The van der Waals surface area contributed by atoms with Gasteiger partial charge in [-0.05, 0) is 19.1 Å². The minimum absolute atomic E-state index is 0.0857. The largest absolute Gasteiger partial charge is 0.325 e. The third-order valence-electron chi connectivity index (χ3n) is 5.26. The first-order valence-corrected chi connectivity index (χ1v) is 10.5. The van der Waals surface area contributed by atoms with Crippen molar-refractivity contribution in [3.05, 3.63) is 63.5 Å². The second-order valence-electron chi connectivity index (χ2n) is 7.25. The Labute approximate surface area is 175 Å². The number of hydrogen-bond acceptors (Lipinski definition) is 6. The number of hydrogen-bond donors (Lipinski definition) is 1. The first-order valence-electron chi connectivity index (χ1n) is 9.59. The maximum absolute atomic E-state index is 13.3. The molecule has 30 heavy (non-hydrogen) atoms. The maximum Gasteiger partial charge on any atom is 0.258 e. The highest BCUT2D eigenvalue weighted by molar-refractivity contribution is 7.15. The average Bonchev–Trinajstić information content (AvgIpc) is 3.20. The predicted molar refractivity (Wildman–Crippen MR) is 111 cm³/mol. The molecule has 3 aromatic rings. The molecule has 1 aliphatic rings. The normalized spacial score (nSPS) is 16.6. The number of aromatic nitrogens is 2. The maximum atomic E-state index is 13.3. The number of benzene rings is 1. The van der Waals surface area contributed by atoms with Crippen LogP contribution in [0.3, 0.4) is 0 Å². The van der Waals surface area contributed by atoms with Crippen LogP contribution in [0.5, 0.6) is 0 Å². The Morgan fingerprint density at radius 3 is 2.70 bits per heavy atom. The summed E-state index contributed by atoms with van der Waals surface area (Å²) in [5.74, 6) is -2.22. The summed E-state index contributed by atoms with van der Waals surface area (Å²) >= 11 is 1.42. The predicted octanol–water partition coefficient (Wildman–Crippen LogP) is 2.18. The summed E-state index contributed by atoms with van der Waals surface area (Å²) in [5, 5.41) is 4.46. The summed E-state index contributed by atoms with van der Waals surface area (Å²) in [7, 11) is 0. The molecule has 1 amide bonds. The Kier molecular flexibility index (Phi) is 5.89. The van der Waals surface area contributed by atoms with Gasteiger partial charge in [0.1, 0.15) is 0 Å². The lowest BCUT2D eigenvalue weighted by atomic mass is 10.2. The molecule has 0 saturated carbocycles. The van der Waals surface area contributed by atoms with Gasteiger partial charge in [0.25, 0.3) is 5.56 Å². The van der Waals surface area contributed by atoms with Gasteiger partial charge >= 0.3 is 0 Å². The second-order valence-corrected chi connectivity index (χ2v) is 8.12. The fourth-order valence-corrected chi connectivity index (χ4v) is 4.23. The highest BCUT2D eigenvalue weighted by Gasteiger charge is 2.26. The number of amides is 1. The number of anilines is 1. The molecule has 1 unspecified atom stereocenters. The summed E-state index contributed by atoms with van der Waals surface area (Å²) in [5.41, 5.74) is 0.878. The molecular formula is C20H21F2N5O2S. The Bertz CT molecular complexity index is 1120. The van der Waals surface area contributed by atoms with Crippen molar-refractivity contribution >= 4 is 27.9 Å². The van der Waals surface area contributed by atoms with Gasteiger partial charge < -0.3 is 5.32 Å². The van der Waals surface area contributed by atoms with Crippen molar-refractivity contribution in [1.82, 2.24) is 19.2 Å². The van der Waals surface area contributed by atoms with E-state index in [1.807, 2.05) is 10.3 Å². The molecule has 1 N–H and O–H groups in total.